The maximum Gasteiger partial charge on any atom is 0.161 e. The highest BCUT2D eigenvalue weighted by molar-refractivity contribution is 5.43. The maximum absolute atomic E-state index is 9.80. The van der Waals surface area contributed by atoms with Crippen molar-refractivity contribution in [3.05, 3.63) is 23.8 Å². The first kappa shape index (κ1) is 15.8. The molecule has 0 amide bonds. The molecule has 1 aromatic carbocycles. The summed E-state index contributed by atoms with van der Waals surface area (Å²) in [4.78, 5) is 0. The number of hydrogen-bond acceptors (Lipinski definition) is 4. The molecular weight excluding hydrogens is 242 g/mol. The number of rotatable bonds is 7. The molecule has 0 saturated carbocycles. The molecule has 0 bridgehead atoms. The summed E-state index contributed by atoms with van der Waals surface area (Å²) in [6, 6.07) is 6.00. The summed E-state index contributed by atoms with van der Waals surface area (Å²) >= 11 is 0. The summed E-state index contributed by atoms with van der Waals surface area (Å²) in [6.45, 7) is 6.66. The number of aliphatic hydroxyl groups is 1. The van der Waals surface area contributed by atoms with E-state index in [0.717, 1.165) is 17.1 Å². The Morgan fingerprint density at radius 3 is 2.26 bits per heavy atom. The predicted molar refractivity (Wildman–Crippen MR) is 76.8 cm³/mol. The van der Waals surface area contributed by atoms with Gasteiger partial charge in [-0.25, -0.2) is 0 Å². The van der Waals surface area contributed by atoms with Crippen LogP contribution in [0.1, 0.15) is 32.4 Å². The monoisotopic (exact) mass is 267 g/mol. The lowest BCUT2D eigenvalue weighted by atomic mass is 10.1. The van der Waals surface area contributed by atoms with Crippen LogP contribution in [-0.2, 0) is 0 Å². The second-order valence-corrected chi connectivity index (χ2v) is 5.06. The molecule has 1 aromatic rings. The van der Waals surface area contributed by atoms with Crippen LogP contribution in [0.15, 0.2) is 18.2 Å². The van der Waals surface area contributed by atoms with Crippen LogP contribution in [0.5, 0.6) is 11.5 Å². The molecule has 0 heterocycles. The van der Waals surface area contributed by atoms with Crippen molar-refractivity contribution in [1.82, 2.24) is 5.32 Å². The Hall–Kier alpha value is -1.26. The minimum Gasteiger partial charge on any atom is -0.493 e. The first-order valence-electron chi connectivity index (χ1n) is 6.63. The van der Waals surface area contributed by atoms with Crippen LogP contribution in [0, 0.1) is 5.92 Å². The number of aliphatic hydroxyl groups excluding tert-OH is 1. The van der Waals surface area contributed by atoms with E-state index in [1.165, 1.54) is 0 Å². The zero-order valence-electron chi connectivity index (χ0n) is 12.4. The van der Waals surface area contributed by atoms with Gasteiger partial charge < -0.3 is 19.9 Å². The standard InChI is InChI=1S/C15H25NO3/c1-10(2)13(17)9-16-11(3)12-6-7-14(18-4)15(8-12)19-5/h6-8,10-11,13,16-17H,9H2,1-5H3. The van der Waals surface area contributed by atoms with Gasteiger partial charge in [0.2, 0.25) is 0 Å². The van der Waals surface area contributed by atoms with E-state index in [4.69, 9.17) is 9.47 Å². The number of methoxy groups -OCH3 is 2. The van der Waals surface area contributed by atoms with Crippen LogP contribution < -0.4 is 14.8 Å². The van der Waals surface area contributed by atoms with Crippen LogP contribution in [0.4, 0.5) is 0 Å². The fourth-order valence-corrected chi connectivity index (χ4v) is 1.77. The number of benzene rings is 1. The second kappa shape index (κ2) is 7.36. The number of ether oxygens (including phenoxy) is 2. The maximum atomic E-state index is 9.80. The van der Waals surface area contributed by atoms with E-state index in [2.05, 4.69) is 12.2 Å². The molecular formula is C15H25NO3. The van der Waals surface area contributed by atoms with Crippen LogP contribution in [-0.4, -0.2) is 32.0 Å². The molecule has 0 spiro atoms. The Balaban J connectivity index is 2.69. The van der Waals surface area contributed by atoms with Gasteiger partial charge in [-0.05, 0) is 30.5 Å². The molecule has 4 heteroatoms. The zero-order valence-corrected chi connectivity index (χ0v) is 12.4. The molecule has 0 aromatic heterocycles. The summed E-state index contributed by atoms with van der Waals surface area (Å²) in [5.41, 5.74) is 1.11. The van der Waals surface area contributed by atoms with Gasteiger partial charge in [0.15, 0.2) is 11.5 Å². The van der Waals surface area contributed by atoms with Crippen molar-refractivity contribution in [3.63, 3.8) is 0 Å². The topological polar surface area (TPSA) is 50.7 Å². The molecule has 19 heavy (non-hydrogen) atoms. The zero-order chi connectivity index (χ0) is 14.4. The fourth-order valence-electron chi connectivity index (χ4n) is 1.77. The second-order valence-electron chi connectivity index (χ2n) is 5.06. The van der Waals surface area contributed by atoms with Crippen LogP contribution in [0.2, 0.25) is 0 Å². The van der Waals surface area contributed by atoms with Crippen molar-refractivity contribution >= 4 is 0 Å². The minimum atomic E-state index is -0.331. The molecule has 0 aliphatic carbocycles. The van der Waals surface area contributed by atoms with Crippen LogP contribution in [0.25, 0.3) is 0 Å². The Kier molecular flexibility index (Phi) is 6.12. The summed E-state index contributed by atoms with van der Waals surface area (Å²) in [6.07, 6.45) is -0.331. The molecule has 0 fully saturated rings. The third kappa shape index (κ3) is 4.40. The van der Waals surface area contributed by atoms with E-state index in [0.29, 0.717) is 6.54 Å². The number of nitrogens with one attached hydrogen (secondary N) is 1. The lowest BCUT2D eigenvalue weighted by Crippen LogP contribution is -2.32. The van der Waals surface area contributed by atoms with Crippen molar-refractivity contribution in [2.45, 2.75) is 32.9 Å². The quantitative estimate of drug-likeness (QED) is 0.796. The van der Waals surface area contributed by atoms with Gasteiger partial charge >= 0.3 is 0 Å². The summed E-state index contributed by atoms with van der Waals surface area (Å²) in [5.74, 6) is 1.70. The van der Waals surface area contributed by atoms with E-state index in [1.54, 1.807) is 14.2 Å². The van der Waals surface area contributed by atoms with Gasteiger partial charge in [0, 0.05) is 12.6 Å². The number of hydrogen-bond donors (Lipinski definition) is 2. The molecule has 0 aliphatic heterocycles. The van der Waals surface area contributed by atoms with Crippen molar-refractivity contribution in [2.75, 3.05) is 20.8 Å². The van der Waals surface area contributed by atoms with Crippen LogP contribution in [0.3, 0.4) is 0 Å². The van der Waals surface area contributed by atoms with E-state index in [1.807, 2.05) is 32.0 Å². The van der Waals surface area contributed by atoms with E-state index >= 15 is 0 Å². The molecule has 2 atom stereocenters. The van der Waals surface area contributed by atoms with Crippen molar-refractivity contribution in [3.8, 4) is 11.5 Å². The van der Waals surface area contributed by atoms with Crippen LogP contribution >= 0.6 is 0 Å². The highest BCUT2D eigenvalue weighted by Crippen LogP contribution is 2.29. The fraction of sp³-hybridized carbons (Fsp3) is 0.600. The predicted octanol–water partition coefficient (Wildman–Crippen LogP) is 2.37. The smallest absolute Gasteiger partial charge is 0.161 e. The Labute approximate surface area is 115 Å². The highest BCUT2D eigenvalue weighted by Gasteiger charge is 2.13. The summed E-state index contributed by atoms with van der Waals surface area (Å²) in [5, 5.41) is 13.1. The minimum absolute atomic E-state index is 0.146. The van der Waals surface area contributed by atoms with Crippen molar-refractivity contribution in [1.29, 1.82) is 0 Å². The lowest BCUT2D eigenvalue weighted by Gasteiger charge is -2.20. The van der Waals surface area contributed by atoms with Crippen molar-refractivity contribution < 1.29 is 14.6 Å². The SMILES string of the molecule is COc1ccc(C(C)NCC(O)C(C)C)cc1OC. The molecule has 1 rings (SSSR count). The molecule has 2 unspecified atom stereocenters. The Morgan fingerprint density at radius 2 is 1.74 bits per heavy atom. The lowest BCUT2D eigenvalue weighted by molar-refractivity contribution is 0.120. The first-order chi connectivity index (χ1) is 8.99. The largest absolute Gasteiger partial charge is 0.493 e. The molecule has 0 aliphatic rings. The molecule has 0 radical (unpaired) electrons. The van der Waals surface area contributed by atoms with Gasteiger partial charge in [-0.2, -0.15) is 0 Å². The third-order valence-corrected chi connectivity index (χ3v) is 3.31. The average Bonchev–Trinajstić information content (AvgIpc) is 2.43. The average molecular weight is 267 g/mol. The van der Waals surface area contributed by atoms with Gasteiger partial charge in [0.1, 0.15) is 0 Å². The van der Waals surface area contributed by atoms with Gasteiger partial charge in [0.05, 0.1) is 20.3 Å². The van der Waals surface area contributed by atoms with Gasteiger partial charge in [-0.3, -0.25) is 0 Å². The van der Waals surface area contributed by atoms with E-state index < -0.39 is 0 Å². The summed E-state index contributed by atoms with van der Waals surface area (Å²) in [7, 11) is 3.25. The summed E-state index contributed by atoms with van der Waals surface area (Å²) < 4.78 is 10.5. The van der Waals surface area contributed by atoms with Gasteiger partial charge in [-0.1, -0.05) is 19.9 Å². The normalized spacial score (nSPS) is 14.3. The van der Waals surface area contributed by atoms with Gasteiger partial charge in [0.25, 0.3) is 0 Å². The highest BCUT2D eigenvalue weighted by atomic mass is 16.5. The first-order valence-corrected chi connectivity index (χ1v) is 6.63. The molecule has 0 saturated heterocycles. The van der Waals surface area contributed by atoms with E-state index in [-0.39, 0.29) is 18.1 Å². The van der Waals surface area contributed by atoms with Crippen molar-refractivity contribution in [2.24, 2.45) is 5.92 Å². The molecule has 2 N–H and O–H groups in total. The Morgan fingerprint density at radius 1 is 1.11 bits per heavy atom. The Bertz CT molecular complexity index is 393. The van der Waals surface area contributed by atoms with Gasteiger partial charge in [-0.15, -0.1) is 0 Å². The molecule has 4 nitrogen and oxygen atoms in total. The molecule has 108 valence electrons. The van der Waals surface area contributed by atoms with E-state index in [9.17, 15) is 5.11 Å². The third-order valence-electron chi connectivity index (χ3n) is 3.31.